The monoisotopic (exact) mass is 303 g/mol. The second-order valence-electron chi connectivity index (χ2n) is 5.02. The van der Waals surface area contributed by atoms with Gasteiger partial charge < -0.3 is 10.1 Å². The summed E-state index contributed by atoms with van der Waals surface area (Å²) in [5.74, 6) is -0.0735. The molecule has 5 nitrogen and oxygen atoms in total. The Bertz CT molecular complexity index is 621. The van der Waals surface area contributed by atoms with Crippen LogP contribution < -0.4 is 5.32 Å². The number of aromatic nitrogens is 2. The van der Waals surface area contributed by atoms with E-state index in [1.807, 2.05) is 19.1 Å². The zero-order chi connectivity index (χ0) is 14.7. The summed E-state index contributed by atoms with van der Waals surface area (Å²) in [6.45, 7) is 3.22. The molecule has 2 aromatic rings. The van der Waals surface area contributed by atoms with Gasteiger partial charge in [-0.1, -0.05) is 0 Å². The molecular weight excluding hydrogens is 286 g/mol. The smallest absolute Gasteiger partial charge is 0.263 e. The van der Waals surface area contributed by atoms with Gasteiger partial charge in [-0.3, -0.25) is 9.78 Å². The quantitative estimate of drug-likeness (QED) is 0.942. The van der Waals surface area contributed by atoms with Crippen LogP contribution in [0.2, 0.25) is 0 Å². The Morgan fingerprint density at radius 3 is 3.19 bits per heavy atom. The molecule has 2 aromatic heterocycles. The van der Waals surface area contributed by atoms with Gasteiger partial charge in [-0.05, 0) is 31.9 Å². The highest BCUT2D eigenvalue weighted by molar-refractivity contribution is 7.17. The molecule has 3 rings (SSSR count). The fourth-order valence-electron chi connectivity index (χ4n) is 2.31. The number of thiazole rings is 1. The molecule has 1 amide bonds. The van der Waals surface area contributed by atoms with Crippen molar-refractivity contribution in [1.82, 2.24) is 15.3 Å². The predicted molar refractivity (Wildman–Crippen MR) is 81.4 cm³/mol. The molecule has 3 heterocycles. The van der Waals surface area contributed by atoms with Gasteiger partial charge in [0.1, 0.15) is 9.88 Å². The maximum atomic E-state index is 12.3. The molecule has 0 aliphatic carbocycles. The largest absolute Gasteiger partial charge is 0.376 e. The first kappa shape index (κ1) is 14.2. The van der Waals surface area contributed by atoms with Crippen LogP contribution in [-0.4, -0.2) is 35.1 Å². The van der Waals surface area contributed by atoms with E-state index in [-0.39, 0.29) is 12.0 Å². The van der Waals surface area contributed by atoms with E-state index in [1.54, 1.807) is 12.4 Å². The third-order valence-corrected chi connectivity index (χ3v) is 4.63. The summed E-state index contributed by atoms with van der Waals surface area (Å²) < 4.78 is 5.51. The third-order valence-electron chi connectivity index (χ3n) is 3.43. The molecule has 0 radical (unpaired) electrons. The predicted octanol–water partition coefficient (Wildman–Crippen LogP) is 2.42. The third kappa shape index (κ3) is 3.28. The highest BCUT2D eigenvalue weighted by Gasteiger charge is 2.19. The average Bonchev–Trinajstić information content (AvgIpc) is 3.15. The molecule has 0 saturated carbocycles. The van der Waals surface area contributed by atoms with Crippen LogP contribution in [0.25, 0.3) is 10.6 Å². The van der Waals surface area contributed by atoms with E-state index in [1.165, 1.54) is 11.3 Å². The van der Waals surface area contributed by atoms with Crippen LogP contribution in [0.15, 0.2) is 24.5 Å². The summed E-state index contributed by atoms with van der Waals surface area (Å²) in [6.07, 6.45) is 5.72. The maximum Gasteiger partial charge on any atom is 0.263 e. The molecule has 1 saturated heterocycles. The fraction of sp³-hybridized carbons (Fsp3) is 0.400. The summed E-state index contributed by atoms with van der Waals surface area (Å²) in [4.78, 5) is 21.5. The first-order valence-corrected chi connectivity index (χ1v) is 7.83. The van der Waals surface area contributed by atoms with Crippen LogP contribution in [0.3, 0.4) is 0 Å². The van der Waals surface area contributed by atoms with Crippen molar-refractivity contribution in [3.05, 3.63) is 35.1 Å². The number of carbonyl (C=O) groups is 1. The van der Waals surface area contributed by atoms with Crippen LogP contribution in [-0.2, 0) is 4.74 Å². The zero-order valence-electron chi connectivity index (χ0n) is 11.8. The van der Waals surface area contributed by atoms with Crippen LogP contribution in [0.4, 0.5) is 0 Å². The van der Waals surface area contributed by atoms with Crippen molar-refractivity contribution in [2.24, 2.45) is 0 Å². The van der Waals surface area contributed by atoms with Gasteiger partial charge in [0, 0.05) is 31.1 Å². The zero-order valence-corrected chi connectivity index (χ0v) is 12.7. The van der Waals surface area contributed by atoms with Crippen LogP contribution >= 0.6 is 11.3 Å². The SMILES string of the molecule is Cc1nc(-c2cccnc2)sc1C(=O)NC[C@H]1CCCO1. The van der Waals surface area contributed by atoms with Gasteiger partial charge in [-0.2, -0.15) is 0 Å². The first-order valence-electron chi connectivity index (χ1n) is 7.01. The Kier molecular flexibility index (Phi) is 4.26. The van der Waals surface area contributed by atoms with Crippen LogP contribution in [0, 0.1) is 6.92 Å². The molecule has 110 valence electrons. The van der Waals surface area contributed by atoms with Gasteiger partial charge in [-0.15, -0.1) is 11.3 Å². The number of hydrogen-bond acceptors (Lipinski definition) is 5. The Balaban J connectivity index is 1.70. The van der Waals surface area contributed by atoms with Crippen molar-refractivity contribution in [2.75, 3.05) is 13.2 Å². The van der Waals surface area contributed by atoms with E-state index in [9.17, 15) is 4.79 Å². The van der Waals surface area contributed by atoms with Gasteiger partial charge in [0.05, 0.1) is 11.8 Å². The standard InChI is InChI=1S/C15H17N3O2S/c1-10-13(14(19)17-9-12-5-3-7-20-12)21-15(18-10)11-4-2-6-16-8-11/h2,4,6,8,12H,3,5,7,9H2,1H3,(H,17,19)/t12-/m1/s1. The molecule has 1 aliphatic heterocycles. The first-order chi connectivity index (χ1) is 10.2. The van der Waals surface area contributed by atoms with Gasteiger partial charge in [0.2, 0.25) is 0 Å². The molecule has 1 atom stereocenters. The molecule has 6 heteroatoms. The summed E-state index contributed by atoms with van der Waals surface area (Å²) >= 11 is 1.40. The lowest BCUT2D eigenvalue weighted by Gasteiger charge is -2.09. The van der Waals surface area contributed by atoms with Crippen molar-refractivity contribution in [1.29, 1.82) is 0 Å². The molecule has 1 aliphatic rings. The number of rotatable bonds is 4. The number of carbonyl (C=O) groups excluding carboxylic acids is 1. The Morgan fingerprint density at radius 2 is 2.48 bits per heavy atom. The number of nitrogens with one attached hydrogen (secondary N) is 1. The minimum Gasteiger partial charge on any atom is -0.376 e. The number of pyridine rings is 1. The molecule has 1 N–H and O–H groups in total. The fourth-order valence-corrected chi connectivity index (χ4v) is 3.28. The topological polar surface area (TPSA) is 64.1 Å². The number of nitrogens with zero attached hydrogens (tertiary/aromatic N) is 2. The average molecular weight is 303 g/mol. The summed E-state index contributed by atoms with van der Waals surface area (Å²) in [6, 6.07) is 3.81. The molecule has 1 fully saturated rings. The minimum absolute atomic E-state index is 0.0735. The number of aryl methyl sites for hydroxylation is 1. The molecule has 0 spiro atoms. The van der Waals surface area contributed by atoms with Gasteiger partial charge in [0.25, 0.3) is 5.91 Å². The minimum atomic E-state index is -0.0735. The molecular formula is C15H17N3O2S. The van der Waals surface area contributed by atoms with Crippen molar-refractivity contribution in [2.45, 2.75) is 25.9 Å². The van der Waals surface area contributed by atoms with E-state index in [0.29, 0.717) is 11.4 Å². The Hall–Kier alpha value is -1.79. The lowest BCUT2D eigenvalue weighted by molar-refractivity contribution is 0.0860. The van der Waals surface area contributed by atoms with E-state index >= 15 is 0 Å². The Labute approximate surface area is 127 Å². The number of ether oxygens (including phenoxy) is 1. The second-order valence-corrected chi connectivity index (χ2v) is 6.02. The lowest BCUT2D eigenvalue weighted by atomic mass is 10.2. The molecule has 21 heavy (non-hydrogen) atoms. The summed E-state index contributed by atoms with van der Waals surface area (Å²) in [7, 11) is 0. The number of amides is 1. The van der Waals surface area contributed by atoms with Crippen LogP contribution in [0.5, 0.6) is 0 Å². The lowest BCUT2D eigenvalue weighted by Crippen LogP contribution is -2.31. The van der Waals surface area contributed by atoms with Crippen molar-refractivity contribution in [3.8, 4) is 10.6 Å². The Morgan fingerprint density at radius 1 is 1.57 bits per heavy atom. The highest BCUT2D eigenvalue weighted by atomic mass is 32.1. The van der Waals surface area contributed by atoms with E-state index in [4.69, 9.17) is 4.74 Å². The summed E-state index contributed by atoms with van der Waals surface area (Å²) in [5, 5.41) is 3.76. The van der Waals surface area contributed by atoms with E-state index in [0.717, 1.165) is 35.7 Å². The normalized spacial score (nSPS) is 17.9. The molecule has 0 unspecified atom stereocenters. The van der Waals surface area contributed by atoms with Crippen molar-refractivity contribution < 1.29 is 9.53 Å². The second kappa shape index (κ2) is 6.32. The maximum absolute atomic E-state index is 12.3. The number of hydrogen-bond donors (Lipinski definition) is 1. The van der Waals surface area contributed by atoms with Crippen molar-refractivity contribution >= 4 is 17.2 Å². The molecule has 0 bridgehead atoms. The van der Waals surface area contributed by atoms with Gasteiger partial charge in [0.15, 0.2) is 0 Å². The summed E-state index contributed by atoms with van der Waals surface area (Å²) in [5.41, 5.74) is 1.69. The van der Waals surface area contributed by atoms with Gasteiger partial charge >= 0.3 is 0 Å². The highest BCUT2D eigenvalue weighted by Crippen LogP contribution is 2.27. The molecule has 0 aromatic carbocycles. The van der Waals surface area contributed by atoms with E-state index < -0.39 is 0 Å². The van der Waals surface area contributed by atoms with Gasteiger partial charge in [-0.25, -0.2) is 4.98 Å². The van der Waals surface area contributed by atoms with E-state index in [2.05, 4.69) is 15.3 Å². The van der Waals surface area contributed by atoms with Crippen LogP contribution in [0.1, 0.15) is 28.2 Å². The van der Waals surface area contributed by atoms with Crippen molar-refractivity contribution in [3.63, 3.8) is 0 Å².